The molecule has 3 aromatic carbocycles. The molecule has 1 aliphatic heterocycles. The smallest absolute Gasteiger partial charge is 0.323 e. The summed E-state index contributed by atoms with van der Waals surface area (Å²) in [6, 6.07) is 21.1. The van der Waals surface area contributed by atoms with Crippen molar-refractivity contribution in [2.75, 3.05) is 13.1 Å². The molecule has 0 unspecified atom stereocenters. The van der Waals surface area contributed by atoms with E-state index < -0.39 is 12.5 Å². The van der Waals surface area contributed by atoms with Gasteiger partial charge in [-0.15, -0.1) is 0 Å². The lowest BCUT2D eigenvalue weighted by Gasteiger charge is -2.24. The minimum Gasteiger partial charge on any atom is -0.487 e. The molecule has 1 amide bonds. The summed E-state index contributed by atoms with van der Waals surface area (Å²) >= 11 is 0. The number of hydrogen-bond acceptors (Lipinski definition) is 3. The first-order chi connectivity index (χ1) is 18.1. The van der Waals surface area contributed by atoms with Crippen molar-refractivity contribution < 1.29 is 23.8 Å². The number of aryl methyl sites for hydroxylation is 1. The highest BCUT2D eigenvalue weighted by Gasteiger charge is 2.35. The molecule has 6 heteroatoms. The van der Waals surface area contributed by atoms with Crippen molar-refractivity contribution in [1.82, 2.24) is 4.90 Å². The molecule has 1 heterocycles. The number of ether oxygens (including phenoxy) is 1. The normalized spacial score (nSPS) is 16.2. The van der Waals surface area contributed by atoms with Crippen LogP contribution in [0, 0.1) is 5.82 Å². The predicted molar refractivity (Wildman–Crippen MR) is 146 cm³/mol. The van der Waals surface area contributed by atoms with E-state index in [9.17, 15) is 19.1 Å². The topological polar surface area (TPSA) is 66.8 Å². The molecule has 0 aliphatic carbocycles. The van der Waals surface area contributed by atoms with Crippen LogP contribution in [0.15, 0.2) is 66.7 Å². The minimum atomic E-state index is -1.08. The molecule has 4 rings (SSSR count). The number of carbonyl (C=O) groups excluding carboxylic acids is 1. The van der Waals surface area contributed by atoms with E-state index in [1.165, 1.54) is 22.1 Å². The fraction of sp³-hybridized carbons (Fsp3) is 0.375. The Labute approximate surface area is 224 Å². The Morgan fingerprint density at radius 3 is 2.42 bits per heavy atom. The minimum absolute atomic E-state index is 0.153. The molecule has 200 valence electrons. The van der Waals surface area contributed by atoms with Gasteiger partial charge in [-0.3, -0.25) is 9.59 Å². The summed E-state index contributed by atoms with van der Waals surface area (Å²) in [4.78, 5) is 25.6. The van der Waals surface area contributed by atoms with Gasteiger partial charge in [0.15, 0.2) is 0 Å². The average Bonchev–Trinajstić information content (AvgIpc) is 3.20. The molecule has 0 saturated carbocycles. The van der Waals surface area contributed by atoms with Crippen LogP contribution in [-0.4, -0.2) is 40.6 Å². The van der Waals surface area contributed by atoms with E-state index in [0.29, 0.717) is 17.9 Å². The van der Waals surface area contributed by atoms with Gasteiger partial charge in [0.25, 0.3) is 0 Å². The highest BCUT2D eigenvalue weighted by atomic mass is 19.1. The van der Waals surface area contributed by atoms with Crippen molar-refractivity contribution in [2.24, 2.45) is 0 Å². The monoisotopic (exact) mass is 517 g/mol. The van der Waals surface area contributed by atoms with Gasteiger partial charge in [0.1, 0.15) is 23.7 Å². The lowest BCUT2D eigenvalue weighted by Crippen LogP contribution is -2.37. The summed E-state index contributed by atoms with van der Waals surface area (Å²) in [6.45, 7) is 6.26. The summed E-state index contributed by atoms with van der Waals surface area (Å²) in [5, 5.41) is 9.29. The zero-order valence-corrected chi connectivity index (χ0v) is 22.4. The Morgan fingerprint density at radius 1 is 1.03 bits per heavy atom. The van der Waals surface area contributed by atoms with Crippen LogP contribution >= 0.6 is 0 Å². The standard InChI is InChI=1S/C32H36FNO4/c1-22(2)25-12-8-24(9-13-25)19-32(3)20-27-18-23(10-14-29(27)38-32)11-15-30(35)34(21-31(36)37)17-16-26-6-4-5-7-28(26)33/h4-10,12-14,18,22H,11,15-17,19-21H2,1-3H3,(H,36,37)/t32-/m1/s1. The van der Waals surface area contributed by atoms with Crippen molar-refractivity contribution >= 4 is 11.9 Å². The SMILES string of the molecule is CC(C)c1ccc(C[C@]2(C)Cc3cc(CCC(=O)N(CCc4ccccc4F)CC(=O)O)ccc3O2)cc1. The van der Waals surface area contributed by atoms with E-state index in [1.54, 1.807) is 18.2 Å². The maximum absolute atomic E-state index is 14.0. The number of amides is 1. The molecule has 0 fully saturated rings. The number of fused-ring (bicyclic) bond motifs is 1. The van der Waals surface area contributed by atoms with E-state index in [2.05, 4.69) is 51.1 Å². The highest BCUT2D eigenvalue weighted by molar-refractivity contribution is 5.81. The molecule has 0 bridgehead atoms. The Morgan fingerprint density at radius 2 is 1.74 bits per heavy atom. The van der Waals surface area contributed by atoms with Crippen molar-refractivity contribution in [1.29, 1.82) is 0 Å². The number of nitrogens with zero attached hydrogens (tertiary/aromatic N) is 1. The second-order valence-electron chi connectivity index (χ2n) is 10.8. The van der Waals surface area contributed by atoms with Gasteiger partial charge in [-0.2, -0.15) is 0 Å². The van der Waals surface area contributed by atoms with Crippen molar-refractivity contribution in [3.63, 3.8) is 0 Å². The number of carboxylic acids is 1. The van der Waals surface area contributed by atoms with Crippen molar-refractivity contribution in [3.05, 3.63) is 100 Å². The Kier molecular flexibility index (Phi) is 8.50. The van der Waals surface area contributed by atoms with Gasteiger partial charge in [-0.1, -0.05) is 68.4 Å². The number of rotatable bonds is 11. The van der Waals surface area contributed by atoms with Crippen LogP contribution in [0.5, 0.6) is 5.75 Å². The Hall–Kier alpha value is -3.67. The quantitative estimate of drug-likeness (QED) is 0.340. The molecular formula is C32H36FNO4. The zero-order chi connectivity index (χ0) is 27.3. The molecule has 5 nitrogen and oxygen atoms in total. The first kappa shape index (κ1) is 27.4. The van der Waals surface area contributed by atoms with Crippen LogP contribution < -0.4 is 4.74 Å². The molecule has 1 aliphatic rings. The van der Waals surface area contributed by atoms with E-state index in [0.717, 1.165) is 29.7 Å². The Bertz CT molecular complexity index is 1290. The first-order valence-electron chi connectivity index (χ1n) is 13.2. The summed E-state index contributed by atoms with van der Waals surface area (Å²) < 4.78 is 20.3. The van der Waals surface area contributed by atoms with Gasteiger partial charge < -0.3 is 14.7 Å². The van der Waals surface area contributed by atoms with Crippen molar-refractivity contribution in [3.8, 4) is 5.75 Å². The number of aliphatic carboxylic acids is 1. The fourth-order valence-corrected chi connectivity index (χ4v) is 5.10. The van der Waals surface area contributed by atoms with Gasteiger partial charge in [0.05, 0.1) is 0 Å². The third kappa shape index (κ3) is 7.00. The van der Waals surface area contributed by atoms with Gasteiger partial charge in [-0.25, -0.2) is 4.39 Å². The molecule has 38 heavy (non-hydrogen) atoms. The molecule has 1 atom stereocenters. The molecule has 0 saturated heterocycles. The lowest BCUT2D eigenvalue weighted by molar-refractivity contribution is -0.144. The van der Waals surface area contributed by atoms with Crippen molar-refractivity contribution in [2.45, 2.75) is 64.4 Å². The van der Waals surface area contributed by atoms with Crippen LogP contribution in [0.3, 0.4) is 0 Å². The highest BCUT2D eigenvalue weighted by Crippen LogP contribution is 2.37. The molecule has 0 spiro atoms. The summed E-state index contributed by atoms with van der Waals surface area (Å²) in [5.41, 5.74) is 4.83. The number of carbonyl (C=O) groups is 2. The van der Waals surface area contributed by atoms with Gasteiger partial charge in [-0.05, 0) is 65.6 Å². The number of hydrogen-bond donors (Lipinski definition) is 1. The molecule has 3 aromatic rings. The lowest BCUT2D eigenvalue weighted by atomic mass is 9.90. The second kappa shape index (κ2) is 11.8. The average molecular weight is 518 g/mol. The summed E-state index contributed by atoms with van der Waals surface area (Å²) in [7, 11) is 0. The maximum atomic E-state index is 14.0. The number of carboxylic acid groups (broad SMARTS) is 1. The summed E-state index contributed by atoms with van der Waals surface area (Å²) in [6.07, 6.45) is 2.53. The third-order valence-corrected chi connectivity index (χ3v) is 7.19. The van der Waals surface area contributed by atoms with E-state index >= 15 is 0 Å². The maximum Gasteiger partial charge on any atom is 0.323 e. The van der Waals surface area contributed by atoms with Gasteiger partial charge in [0.2, 0.25) is 5.91 Å². The first-order valence-corrected chi connectivity index (χ1v) is 13.2. The van der Waals surface area contributed by atoms with Crippen LogP contribution in [0.4, 0.5) is 4.39 Å². The van der Waals surface area contributed by atoms with Crippen LogP contribution in [0.25, 0.3) is 0 Å². The van der Waals surface area contributed by atoms with E-state index in [1.807, 2.05) is 12.1 Å². The predicted octanol–water partition coefficient (Wildman–Crippen LogP) is 5.97. The number of halogens is 1. The van der Waals surface area contributed by atoms with Crippen LogP contribution in [-0.2, 0) is 35.3 Å². The summed E-state index contributed by atoms with van der Waals surface area (Å²) in [5.74, 6) is -0.316. The largest absolute Gasteiger partial charge is 0.487 e. The Balaban J connectivity index is 1.35. The van der Waals surface area contributed by atoms with Gasteiger partial charge in [0, 0.05) is 25.8 Å². The van der Waals surface area contributed by atoms with Crippen LogP contribution in [0.2, 0.25) is 0 Å². The molecule has 0 aromatic heterocycles. The number of benzene rings is 3. The van der Waals surface area contributed by atoms with E-state index in [4.69, 9.17) is 4.74 Å². The second-order valence-corrected chi connectivity index (χ2v) is 10.8. The molecule has 1 N–H and O–H groups in total. The fourth-order valence-electron chi connectivity index (χ4n) is 5.10. The third-order valence-electron chi connectivity index (χ3n) is 7.19. The van der Waals surface area contributed by atoms with Gasteiger partial charge >= 0.3 is 5.97 Å². The van der Waals surface area contributed by atoms with Crippen LogP contribution in [0.1, 0.15) is 60.9 Å². The molecular weight excluding hydrogens is 481 g/mol. The van der Waals surface area contributed by atoms with E-state index in [-0.39, 0.29) is 36.7 Å². The zero-order valence-electron chi connectivity index (χ0n) is 22.4. The molecule has 0 radical (unpaired) electrons.